The molecule has 0 atom stereocenters. The predicted octanol–water partition coefficient (Wildman–Crippen LogP) is 2.16. The lowest BCUT2D eigenvalue weighted by Crippen LogP contribution is -2.12. The molecule has 0 saturated carbocycles. The summed E-state index contributed by atoms with van der Waals surface area (Å²) in [5, 5.41) is 5.45. The van der Waals surface area contributed by atoms with Gasteiger partial charge < -0.3 is 0 Å². The molecule has 0 aliphatic heterocycles. The van der Waals surface area contributed by atoms with Crippen LogP contribution < -0.4 is 5.32 Å². The normalized spacial score (nSPS) is 11.7. The Labute approximate surface area is 125 Å². The number of para-hydroxylation sites is 1. The molecule has 0 bridgehead atoms. The maximum Gasteiger partial charge on any atom is 0.259 e. The van der Waals surface area contributed by atoms with Crippen molar-refractivity contribution >= 4 is 43.3 Å². The number of carbonyl (C=O) groups excluding carboxylic acids is 1. The highest BCUT2D eigenvalue weighted by molar-refractivity contribution is 7.89. The first-order valence-electron chi connectivity index (χ1n) is 5.98. The predicted molar refractivity (Wildman–Crippen MR) is 82.2 cm³/mol. The van der Waals surface area contributed by atoms with Crippen molar-refractivity contribution in [3.05, 3.63) is 47.6 Å². The number of nitrogens with zero attached hydrogens (tertiary/aromatic N) is 2. The molecule has 2 heterocycles. The van der Waals surface area contributed by atoms with E-state index in [9.17, 15) is 13.2 Å². The van der Waals surface area contributed by atoms with E-state index in [1.54, 1.807) is 35.8 Å². The van der Waals surface area contributed by atoms with Crippen LogP contribution in [-0.4, -0.2) is 29.5 Å². The number of thiazole rings is 1. The van der Waals surface area contributed by atoms with Gasteiger partial charge in [0.05, 0.1) is 17.3 Å². The van der Waals surface area contributed by atoms with E-state index in [-0.39, 0.29) is 5.91 Å². The summed E-state index contributed by atoms with van der Waals surface area (Å²) in [7, 11) is -3.48. The van der Waals surface area contributed by atoms with Crippen LogP contribution in [0, 0.1) is 0 Å². The first-order chi connectivity index (χ1) is 9.97. The van der Waals surface area contributed by atoms with E-state index in [0.29, 0.717) is 21.6 Å². The Morgan fingerprint density at radius 1 is 1.33 bits per heavy atom. The third-order valence-corrected chi connectivity index (χ3v) is 4.64. The van der Waals surface area contributed by atoms with E-state index in [4.69, 9.17) is 0 Å². The zero-order valence-electron chi connectivity index (χ0n) is 11.0. The van der Waals surface area contributed by atoms with Crippen LogP contribution in [0.5, 0.6) is 0 Å². The first kappa shape index (κ1) is 13.8. The Morgan fingerprint density at radius 2 is 2.10 bits per heavy atom. The van der Waals surface area contributed by atoms with Gasteiger partial charge in [-0.25, -0.2) is 17.4 Å². The highest BCUT2D eigenvalue weighted by Gasteiger charge is 2.19. The summed E-state index contributed by atoms with van der Waals surface area (Å²) in [6, 6.07) is 6.87. The van der Waals surface area contributed by atoms with Crippen LogP contribution in [0.4, 0.5) is 5.13 Å². The lowest BCUT2D eigenvalue weighted by molar-refractivity contribution is 0.102. The molecule has 8 heteroatoms. The minimum Gasteiger partial charge on any atom is -0.298 e. The number of carbonyl (C=O) groups is 1. The second kappa shape index (κ2) is 4.97. The summed E-state index contributed by atoms with van der Waals surface area (Å²) in [5.41, 5.74) is 0.774. The maximum absolute atomic E-state index is 12.3. The number of rotatable bonds is 3. The van der Waals surface area contributed by atoms with Crippen LogP contribution in [0.3, 0.4) is 0 Å². The Balaban J connectivity index is 2.13. The van der Waals surface area contributed by atoms with E-state index in [2.05, 4.69) is 10.3 Å². The van der Waals surface area contributed by atoms with E-state index in [1.165, 1.54) is 17.5 Å². The minimum atomic E-state index is -3.48. The van der Waals surface area contributed by atoms with Crippen molar-refractivity contribution in [2.45, 2.75) is 0 Å². The fourth-order valence-electron chi connectivity index (χ4n) is 2.05. The smallest absolute Gasteiger partial charge is 0.259 e. The Kier molecular flexibility index (Phi) is 3.26. The van der Waals surface area contributed by atoms with Crippen molar-refractivity contribution in [3.8, 4) is 0 Å². The molecule has 0 radical (unpaired) electrons. The fraction of sp³-hybridized carbons (Fsp3) is 0.0769. The quantitative estimate of drug-likeness (QED) is 0.801. The molecular formula is C13H11N3O3S2. The number of amides is 1. The van der Waals surface area contributed by atoms with Crippen molar-refractivity contribution in [1.82, 2.24) is 8.96 Å². The molecule has 3 rings (SSSR count). The first-order valence-corrected chi connectivity index (χ1v) is 8.71. The van der Waals surface area contributed by atoms with Gasteiger partial charge in [0, 0.05) is 23.2 Å². The lowest BCUT2D eigenvalue weighted by atomic mass is 10.2. The second-order valence-corrected chi connectivity index (χ2v) is 7.16. The average molecular weight is 321 g/mol. The molecular weight excluding hydrogens is 310 g/mol. The van der Waals surface area contributed by atoms with Crippen LogP contribution in [-0.2, 0) is 10.0 Å². The third kappa shape index (κ3) is 2.55. The van der Waals surface area contributed by atoms with Gasteiger partial charge >= 0.3 is 0 Å². The number of aromatic nitrogens is 2. The number of anilines is 1. The van der Waals surface area contributed by atoms with Gasteiger partial charge in [0.2, 0.25) is 10.0 Å². The van der Waals surface area contributed by atoms with Crippen LogP contribution in [0.15, 0.2) is 42.0 Å². The van der Waals surface area contributed by atoms with Crippen LogP contribution in [0.25, 0.3) is 10.9 Å². The number of nitrogens with one attached hydrogen (secondary N) is 1. The summed E-state index contributed by atoms with van der Waals surface area (Å²) in [6.45, 7) is 0. The summed E-state index contributed by atoms with van der Waals surface area (Å²) in [6.07, 6.45) is 4.02. The lowest BCUT2D eigenvalue weighted by Gasteiger charge is -2.00. The van der Waals surface area contributed by atoms with Gasteiger partial charge in [-0.3, -0.25) is 10.1 Å². The summed E-state index contributed by atoms with van der Waals surface area (Å²) in [4.78, 5) is 16.3. The molecule has 0 unspecified atom stereocenters. The van der Waals surface area contributed by atoms with Crippen molar-refractivity contribution in [2.24, 2.45) is 0 Å². The van der Waals surface area contributed by atoms with E-state index < -0.39 is 10.0 Å². The van der Waals surface area contributed by atoms with E-state index in [0.717, 1.165) is 10.2 Å². The number of benzene rings is 1. The molecule has 0 saturated heterocycles. The largest absolute Gasteiger partial charge is 0.298 e. The highest BCUT2D eigenvalue weighted by Crippen LogP contribution is 2.24. The molecule has 6 nitrogen and oxygen atoms in total. The topological polar surface area (TPSA) is 81.1 Å². The molecule has 0 fully saturated rings. The molecule has 1 amide bonds. The maximum atomic E-state index is 12.3. The fourth-order valence-corrected chi connectivity index (χ4v) is 3.39. The molecule has 0 aliphatic rings. The summed E-state index contributed by atoms with van der Waals surface area (Å²) >= 11 is 1.30. The minimum absolute atomic E-state index is 0.297. The van der Waals surface area contributed by atoms with Crippen LogP contribution in [0.2, 0.25) is 0 Å². The highest BCUT2D eigenvalue weighted by atomic mass is 32.2. The van der Waals surface area contributed by atoms with Gasteiger partial charge in [-0.05, 0) is 6.07 Å². The van der Waals surface area contributed by atoms with Gasteiger partial charge in [-0.1, -0.05) is 18.2 Å². The van der Waals surface area contributed by atoms with E-state index in [1.807, 2.05) is 0 Å². The van der Waals surface area contributed by atoms with Crippen LogP contribution >= 0.6 is 11.3 Å². The number of fused-ring (bicyclic) bond motifs is 1. The molecule has 0 aliphatic carbocycles. The summed E-state index contributed by atoms with van der Waals surface area (Å²) < 4.78 is 24.8. The average Bonchev–Trinajstić information content (AvgIpc) is 3.04. The van der Waals surface area contributed by atoms with Crippen molar-refractivity contribution in [1.29, 1.82) is 0 Å². The van der Waals surface area contributed by atoms with Crippen molar-refractivity contribution in [3.63, 3.8) is 0 Å². The second-order valence-electron chi connectivity index (χ2n) is 4.41. The van der Waals surface area contributed by atoms with Gasteiger partial charge in [-0.15, -0.1) is 11.3 Å². The number of hydrogen-bond donors (Lipinski definition) is 1. The molecule has 108 valence electrons. The molecule has 2 aromatic heterocycles. The van der Waals surface area contributed by atoms with E-state index >= 15 is 0 Å². The molecule has 1 aromatic carbocycles. The van der Waals surface area contributed by atoms with Crippen molar-refractivity contribution in [2.75, 3.05) is 11.6 Å². The SMILES string of the molecule is CS(=O)(=O)n1cc(C(=O)Nc2nccs2)c2ccccc21. The summed E-state index contributed by atoms with van der Waals surface area (Å²) in [5.74, 6) is -0.386. The van der Waals surface area contributed by atoms with Gasteiger partial charge in [0.1, 0.15) is 0 Å². The van der Waals surface area contributed by atoms with Gasteiger partial charge in [0.15, 0.2) is 5.13 Å². The number of hydrogen-bond acceptors (Lipinski definition) is 5. The van der Waals surface area contributed by atoms with Crippen molar-refractivity contribution < 1.29 is 13.2 Å². The standard InChI is InChI=1S/C13H11N3O3S2/c1-21(18,19)16-8-10(9-4-2-3-5-11(9)16)12(17)15-13-14-6-7-20-13/h2-8H,1H3,(H,14,15,17). The monoisotopic (exact) mass is 321 g/mol. The van der Waals surface area contributed by atoms with Gasteiger partial charge in [0.25, 0.3) is 5.91 Å². The Bertz CT molecular complexity index is 911. The van der Waals surface area contributed by atoms with Gasteiger partial charge in [-0.2, -0.15) is 0 Å². The Hall–Kier alpha value is -2.19. The molecule has 21 heavy (non-hydrogen) atoms. The molecule has 0 spiro atoms. The third-order valence-electron chi connectivity index (χ3n) is 2.93. The zero-order valence-corrected chi connectivity index (χ0v) is 12.6. The van der Waals surface area contributed by atoms with Crippen LogP contribution in [0.1, 0.15) is 10.4 Å². The Morgan fingerprint density at radius 3 is 2.76 bits per heavy atom. The molecule has 3 aromatic rings. The zero-order chi connectivity index (χ0) is 15.0. The molecule has 1 N–H and O–H groups in total.